The Morgan fingerprint density at radius 2 is 2.21 bits per heavy atom. The molecule has 2 rings (SSSR count). The normalized spacial score (nSPS) is 10.4. The predicted molar refractivity (Wildman–Crippen MR) is 59.0 cm³/mol. The average molecular weight is 226 g/mol. The number of hydrogen-bond acceptors (Lipinski definition) is 3. The number of nitrogens with zero attached hydrogens (tertiary/aromatic N) is 1. The molecule has 1 aromatic heterocycles. The van der Waals surface area contributed by atoms with Crippen molar-refractivity contribution < 1.29 is 5.11 Å². The average Bonchev–Trinajstić information content (AvgIpc) is 2.57. The number of phenols is 1. The van der Waals surface area contributed by atoms with Crippen LogP contribution in [0.5, 0.6) is 5.75 Å². The Morgan fingerprint density at radius 3 is 2.79 bits per heavy atom. The summed E-state index contributed by atoms with van der Waals surface area (Å²) in [6.07, 6.45) is 0. The van der Waals surface area contributed by atoms with Crippen LogP contribution >= 0.6 is 22.9 Å². The lowest BCUT2D eigenvalue weighted by atomic mass is 10.2. The molecule has 4 heteroatoms. The molecule has 0 spiro atoms. The lowest BCUT2D eigenvalue weighted by Gasteiger charge is -1.99. The van der Waals surface area contributed by atoms with Gasteiger partial charge in [0.2, 0.25) is 0 Å². The minimum atomic E-state index is 0.0924. The zero-order chi connectivity index (χ0) is 10.1. The van der Waals surface area contributed by atoms with Crippen molar-refractivity contribution in [2.75, 3.05) is 0 Å². The van der Waals surface area contributed by atoms with E-state index in [1.807, 2.05) is 18.4 Å². The summed E-state index contributed by atoms with van der Waals surface area (Å²) in [5.74, 6) is 0.0924. The fraction of sp³-hybridized carbons (Fsp3) is 0.100. The van der Waals surface area contributed by atoms with E-state index >= 15 is 0 Å². The Labute approximate surface area is 90.8 Å². The fourth-order valence-electron chi connectivity index (χ4n) is 1.17. The third kappa shape index (κ3) is 1.74. The second-order valence-corrected chi connectivity index (χ2v) is 4.39. The fourth-order valence-corrected chi connectivity index (χ4v) is 1.91. The van der Waals surface area contributed by atoms with Gasteiger partial charge in [0, 0.05) is 10.9 Å². The largest absolute Gasteiger partial charge is 0.506 e. The summed E-state index contributed by atoms with van der Waals surface area (Å²) in [4.78, 5) is 4.32. The first-order valence-electron chi connectivity index (χ1n) is 4.08. The van der Waals surface area contributed by atoms with Crippen LogP contribution < -0.4 is 0 Å². The van der Waals surface area contributed by atoms with Gasteiger partial charge in [-0.1, -0.05) is 17.7 Å². The Hall–Kier alpha value is -1.06. The van der Waals surface area contributed by atoms with E-state index in [0.29, 0.717) is 5.02 Å². The van der Waals surface area contributed by atoms with Gasteiger partial charge in [0.1, 0.15) is 5.75 Å². The smallest absolute Gasteiger partial charge is 0.134 e. The third-order valence-corrected chi connectivity index (χ3v) is 2.95. The van der Waals surface area contributed by atoms with Crippen molar-refractivity contribution in [3.63, 3.8) is 0 Å². The molecular weight excluding hydrogens is 218 g/mol. The van der Waals surface area contributed by atoms with E-state index in [2.05, 4.69) is 4.98 Å². The van der Waals surface area contributed by atoms with Crippen LogP contribution in [0.2, 0.25) is 5.02 Å². The Morgan fingerprint density at radius 1 is 1.43 bits per heavy atom. The van der Waals surface area contributed by atoms with Crippen LogP contribution in [-0.2, 0) is 0 Å². The van der Waals surface area contributed by atoms with E-state index in [1.54, 1.807) is 23.5 Å². The SMILES string of the molecule is Cc1nc(-c2ccc(Cl)c(O)c2)cs1. The van der Waals surface area contributed by atoms with Gasteiger partial charge in [-0.25, -0.2) is 4.98 Å². The predicted octanol–water partition coefficient (Wildman–Crippen LogP) is 3.48. The number of rotatable bonds is 1. The molecule has 2 aromatic rings. The maximum atomic E-state index is 9.41. The summed E-state index contributed by atoms with van der Waals surface area (Å²) in [5, 5.41) is 12.7. The molecule has 0 saturated heterocycles. The van der Waals surface area contributed by atoms with Crippen LogP contribution in [0.15, 0.2) is 23.6 Å². The molecule has 1 aromatic carbocycles. The van der Waals surface area contributed by atoms with Crippen LogP contribution in [0, 0.1) is 6.92 Å². The summed E-state index contributed by atoms with van der Waals surface area (Å²) < 4.78 is 0. The summed E-state index contributed by atoms with van der Waals surface area (Å²) in [6, 6.07) is 5.13. The third-order valence-electron chi connectivity index (χ3n) is 1.86. The quantitative estimate of drug-likeness (QED) is 0.806. The number of benzene rings is 1. The van der Waals surface area contributed by atoms with Crippen molar-refractivity contribution in [2.45, 2.75) is 6.92 Å². The highest BCUT2D eigenvalue weighted by Crippen LogP contribution is 2.29. The molecule has 0 amide bonds. The molecule has 0 fully saturated rings. The maximum absolute atomic E-state index is 9.41. The van der Waals surface area contributed by atoms with Crippen LogP contribution in [0.4, 0.5) is 0 Å². The number of aromatic nitrogens is 1. The van der Waals surface area contributed by atoms with Crippen LogP contribution in [0.25, 0.3) is 11.3 Å². The maximum Gasteiger partial charge on any atom is 0.134 e. The topological polar surface area (TPSA) is 33.1 Å². The summed E-state index contributed by atoms with van der Waals surface area (Å²) >= 11 is 7.29. The standard InChI is InChI=1S/C10H8ClNOS/c1-6-12-9(5-14-6)7-2-3-8(11)10(13)4-7/h2-5,13H,1H3. The molecule has 0 unspecified atom stereocenters. The summed E-state index contributed by atoms with van der Waals surface area (Å²) in [6.45, 7) is 1.95. The molecule has 1 heterocycles. The van der Waals surface area contributed by atoms with Crippen molar-refractivity contribution in [3.05, 3.63) is 33.6 Å². The Kier molecular flexibility index (Phi) is 2.44. The zero-order valence-electron chi connectivity index (χ0n) is 7.49. The molecule has 0 aliphatic rings. The summed E-state index contributed by atoms with van der Waals surface area (Å²) in [7, 11) is 0. The number of hydrogen-bond donors (Lipinski definition) is 1. The Bertz CT molecular complexity index is 467. The van der Waals surface area contributed by atoms with Gasteiger partial charge in [-0.15, -0.1) is 11.3 Å². The van der Waals surface area contributed by atoms with Gasteiger partial charge in [-0.05, 0) is 19.1 Å². The van der Waals surface area contributed by atoms with Gasteiger partial charge in [-0.3, -0.25) is 0 Å². The highest BCUT2D eigenvalue weighted by atomic mass is 35.5. The number of phenolic OH excluding ortho intramolecular Hbond substituents is 1. The first kappa shape index (κ1) is 9.49. The van der Waals surface area contributed by atoms with Gasteiger partial charge in [-0.2, -0.15) is 0 Å². The van der Waals surface area contributed by atoms with Gasteiger partial charge in [0.25, 0.3) is 0 Å². The summed E-state index contributed by atoms with van der Waals surface area (Å²) in [5.41, 5.74) is 1.76. The molecule has 0 bridgehead atoms. The second-order valence-electron chi connectivity index (χ2n) is 2.92. The number of aromatic hydroxyl groups is 1. The molecular formula is C10H8ClNOS. The zero-order valence-corrected chi connectivity index (χ0v) is 9.06. The van der Waals surface area contributed by atoms with Crippen molar-refractivity contribution in [3.8, 4) is 17.0 Å². The monoisotopic (exact) mass is 225 g/mol. The second kappa shape index (κ2) is 3.59. The molecule has 14 heavy (non-hydrogen) atoms. The van der Waals surface area contributed by atoms with Crippen LogP contribution in [0.3, 0.4) is 0 Å². The van der Waals surface area contributed by atoms with E-state index in [1.165, 1.54) is 0 Å². The molecule has 0 saturated carbocycles. The van der Waals surface area contributed by atoms with Crippen LogP contribution in [0.1, 0.15) is 5.01 Å². The number of halogens is 1. The number of aryl methyl sites for hydroxylation is 1. The van der Waals surface area contributed by atoms with Gasteiger partial charge in [0.05, 0.1) is 15.7 Å². The van der Waals surface area contributed by atoms with Crippen molar-refractivity contribution in [1.29, 1.82) is 0 Å². The molecule has 0 radical (unpaired) electrons. The van der Waals surface area contributed by atoms with E-state index < -0.39 is 0 Å². The van der Waals surface area contributed by atoms with Crippen molar-refractivity contribution in [2.24, 2.45) is 0 Å². The van der Waals surface area contributed by atoms with Crippen molar-refractivity contribution in [1.82, 2.24) is 4.98 Å². The first-order chi connectivity index (χ1) is 6.66. The molecule has 72 valence electrons. The van der Waals surface area contributed by atoms with E-state index in [0.717, 1.165) is 16.3 Å². The van der Waals surface area contributed by atoms with Gasteiger partial charge >= 0.3 is 0 Å². The molecule has 0 aliphatic carbocycles. The molecule has 1 N–H and O–H groups in total. The first-order valence-corrected chi connectivity index (χ1v) is 5.33. The minimum Gasteiger partial charge on any atom is -0.506 e. The highest BCUT2D eigenvalue weighted by molar-refractivity contribution is 7.09. The molecule has 2 nitrogen and oxygen atoms in total. The van der Waals surface area contributed by atoms with E-state index in [-0.39, 0.29) is 5.75 Å². The molecule has 0 atom stereocenters. The highest BCUT2D eigenvalue weighted by Gasteiger charge is 2.04. The Balaban J connectivity index is 2.47. The number of thiazole rings is 1. The lowest BCUT2D eigenvalue weighted by Crippen LogP contribution is -1.78. The molecule has 0 aliphatic heterocycles. The minimum absolute atomic E-state index is 0.0924. The van der Waals surface area contributed by atoms with E-state index in [9.17, 15) is 5.11 Å². The van der Waals surface area contributed by atoms with Gasteiger partial charge < -0.3 is 5.11 Å². The van der Waals surface area contributed by atoms with Crippen molar-refractivity contribution >= 4 is 22.9 Å². The van der Waals surface area contributed by atoms with E-state index in [4.69, 9.17) is 11.6 Å². The lowest BCUT2D eigenvalue weighted by molar-refractivity contribution is 0.476. The van der Waals surface area contributed by atoms with Crippen LogP contribution in [-0.4, -0.2) is 10.1 Å². The van der Waals surface area contributed by atoms with Gasteiger partial charge in [0.15, 0.2) is 0 Å².